The van der Waals surface area contributed by atoms with Crippen molar-refractivity contribution in [1.29, 1.82) is 0 Å². The van der Waals surface area contributed by atoms with E-state index in [1.165, 1.54) is 11.1 Å². The first-order valence-corrected chi connectivity index (χ1v) is 11.2. The summed E-state index contributed by atoms with van der Waals surface area (Å²) in [5, 5.41) is 10.1. The summed E-state index contributed by atoms with van der Waals surface area (Å²) in [7, 11) is 1.81. The molecule has 1 saturated heterocycles. The predicted octanol–water partition coefficient (Wildman–Crippen LogP) is 3.93. The smallest absolute Gasteiger partial charge is 0.191 e. The average molecular weight is 544 g/mol. The summed E-state index contributed by atoms with van der Waals surface area (Å²) in [5.41, 5.74) is 3.77. The van der Waals surface area contributed by atoms with Crippen molar-refractivity contribution >= 4 is 41.3 Å². The Bertz CT molecular complexity index is 804. The molecule has 166 valence electrons. The molecule has 1 aromatic heterocycles. The Morgan fingerprint density at radius 2 is 2.03 bits per heavy atom. The summed E-state index contributed by atoms with van der Waals surface area (Å²) < 4.78 is 5.56. The van der Waals surface area contributed by atoms with Crippen LogP contribution in [0.25, 0.3) is 0 Å². The second-order valence-corrected chi connectivity index (χ2v) is 8.65. The zero-order valence-corrected chi connectivity index (χ0v) is 21.5. The lowest BCUT2D eigenvalue weighted by Gasteiger charge is -2.35. The van der Waals surface area contributed by atoms with Crippen molar-refractivity contribution in [3.8, 4) is 0 Å². The zero-order valence-electron chi connectivity index (χ0n) is 18.4. The van der Waals surface area contributed by atoms with Crippen molar-refractivity contribution in [2.75, 3.05) is 39.9 Å². The van der Waals surface area contributed by atoms with Gasteiger partial charge in [-0.15, -0.1) is 35.3 Å². The number of aromatic nitrogens is 1. The number of benzene rings is 1. The maximum Gasteiger partial charge on any atom is 0.191 e. The van der Waals surface area contributed by atoms with Gasteiger partial charge < -0.3 is 15.4 Å². The Kier molecular flexibility index (Phi) is 10.5. The first-order valence-electron chi connectivity index (χ1n) is 10.3. The average Bonchev–Trinajstić information content (AvgIpc) is 3.21. The molecule has 1 aromatic carbocycles. The number of aliphatic imine (C=N–C) groups is 1. The molecule has 1 aliphatic rings. The minimum Gasteiger partial charge on any atom is -0.379 e. The van der Waals surface area contributed by atoms with Gasteiger partial charge in [0.2, 0.25) is 0 Å². The fourth-order valence-corrected chi connectivity index (χ4v) is 4.36. The van der Waals surface area contributed by atoms with Gasteiger partial charge in [0.1, 0.15) is 5.01 Å². The van der Waals surface area contributed by atoms with Crippen LogP contribution in [0.2, 0.25) is 0 Å². The van der Waals surface area contributed by atoms with E-state index in [4.69, 9.17) is 9.72 Å². The van der Waals surface area contributed by atoms with Gasteiger partial charge in [0.25, 0.3) is 0 Å². The van der Waals surface area contributed by atoms with Gasteiger partial charge in [-0.2, -0.15) is 0 Å². The van der Waals surface area contributed by atoms with Crippen LogP contribution in [0.3, 0.4) is 0 Å². The van der Waals surface area contributed by atoms with Gasteiger partial charge >= 0.3 is 0 Å². The number of hydrogen-bond acceptors (Lipinski definition) is 5. The Labute approximate surface area is 201 Å². The molecule has 2 N–H and O–H groups in total. The number of morpholine rings is 1. The molecule has 3 rings (SSSR count). The molecule has 2 heterocycles. The monoisotopic (exact) mass is 543 g/mol. The highest BCUT2D eigenvalue weighted by Crippen LogP contribution is 2.22. The van der Waals surface area contributed by atoms with Crippen molar-refractivity contribution < 1.29 is 4.74 Å². The largest absolute Gasteiger partial charge is 0.379 e. The second-order valence-electron chi connectivity index (χ2n) is 7.71. The predicted molar refractivity (Wildman–Crippen MR) is 136 cm³/mol. The Balaban J connectivity index is 0.00000320. The van der Waals surface area contributed by atoms with Crippen molar-refractivity contribution in [3.05, 3.63) is 51.5 Å². The van der Waals surface area contributed by atoms with Gasteiger partial charge in [-0.25, -0.2) is 4.98 Å². The third-order valence-corrected chi connectivity index (χ3v) is 6.03. The minimum absolute atomic E-state index is 0. The molecule has 6 nitrogen and oxygen atoms in total. The molecule has 1 aliphatic heterocycles. The molecule has 0 bridgehead atoms. The quantitative estimate of drug-likeness (QED) is 0.315. The van der Waals surface area contributed by atoms with Crippen LogP contribution < -0.4 is 10.6 Å². The van der Waals surface area contributed by atoms with Crippen LogP contribution in [-0.2, 0) is 11.3 Å². The number of guanidine groups is 1. The molecule has 1 fully saturated rings. The SMILES string of the molecule is CN=C(NCc1nc(C(C)C)cs1)NCC(c1cccc(C)c1)N1CCOCC1.I. The molecule has 30 heavy (non-hydrogen) atoms. The highest BCUT2D eigenvalue weighted by atomic mass is 127. The van der Waals surface area contributed by atoms with Gasteiger partial charge in [0, 0.05) is 32.1 Å². The number of thiazole rings is 1. The van der Waals surface area contributed by atoms with Gasteiger partial charge in [-0.3, -0.25) is 9.89 Å². The molecule has 1 atom stereocenters. The van der Waals surface area contributed by atoms with Crippen molar-refractivity contribution in [2.45, 2.75) is 39.3 Å². The molecule has 0 saturated carbocycles. The summed E-state index contributed by atoms with van der Waals surface area (Å²) in [4.78, 5) is 11.6. The number of nitrogens with one attached hydrogen (secondary N) is 2. The van der Waals surface area contributed by atoms with Crippen LogP contribution in [0.4, 0.5) is 0 Å². The maximum absolute atomic E-state index is 5.56. The van der Waals surface area contributed by atoms with E-state index in [0.717, 1.165) is 49.5 Å². The van der Waals surface area contributed by atoms with Gasteiger partial charge in [-0.1, -0.05) is 43.7 Å². The van der Waals surface area contributed by atoms with E-state index in [2.05, 4.69) is 70.9 Å². The number of nitrogens with zero attached hydrogens (tertiary/aromatic N) is 3. The highest BCUT2D eigenvalue weighted by Gasteiger charge is 2.23. The van der Waals surface area contributed by atoms with E-state index in [9.17, 15) is 0 Å². The Morgan fingerprint density at radius 1 is 1.27 bits per heavy atom. The number of rotatable bonds is 7. The first-order chi connectivity index (χ1) is 14.1. The van der Waals surface area contributed by atoms with E-state index < -0.39 is 0 Å². The minimum atomic E-state index is 0. The molecule has 0 aliphatic carbocycles. The third-order valence-electron chi connectivity index (χ3n) is 5.17. The molecule has 8 heteroatoms. The fraction of sp³-hybridized carbons (Fsp3) is 0.545. The number of hydrogen-bond donors (Lipinski definition) is 2. The fourth-order valence-electron chi connectivity index (χ4n) is 3.47. The van der Waals surface area contributed by atoms with Gasteiger partial charge in [0.05, 0.1) is 31.5 Å². The van der Waals surface area contributed by atoms with E-state index in [0.29, 0.717) is 12.5 Å². The maximum atomic E-state index is 5.56. The van der Waals surface area contributed by atoms with Gasteiger partial charge in [-0.05, 0) is 18.4 Å². The third kappa shape index (κ3) is 7.18. The summed E-state index contributed by atoms with van der Waals surface area (Å²) in [6.07, 6.45) is 0. The molecular weight excluding hydrogens is 509 g/mol. The normalized spacial score (nSPS) is 16.2. The highest BCUT2D eigenvalue weighted by molar-refractivity contribution is 14.0. The molecular formula is C22H34IN5OS. The van der Waals surface area contributed by atoms with Crippen LogP contribution in [0.5, 0.6) is 0 Å². The van der Waals surface area contributed by atoms with Crippen LogP contribution >= 0.6 is 35.3 Å². The number of ether oxygens (including phenoxy) is 1. The van der Waals surface area contributed by atoms with Crippen LogP contribution in [0.1, 0.15) is 47.6 Å². The first kappa shape index (κ1) is 25.0. The molecule has 1 unspecified atom stereocenters. The summed E-state index contributed by atoms with van der Waals surface area (Å²) in [6, 6.07) is 9.06. The van der Waals surface area contributed by atoms with E-state index in [-0.39, 0.29) is 30.0 Å². The van der Waals surface area contributed by atoms with Crippen LogP contribution in [0, 0.1) is 6.92 Å². The van der Waals surface area contributed by atoms with E-state index in [1.807, 2.05) is 7.05 Å². The van der Waals surface area contributed by atoms with E-state index in [1.54, 1.807) is 11.3 Å². The molecule has 0 radical (unpaired) electrons. The topological polar surface area (TPSA) is 61.8 Å². The van der Waals surface area contributed by atoms with Crippen LogP contribution in [0.15, 0.2) is 34.6 Å². The van der Waals surface area contributed by atoms with E-state index >= 15 is 0 Å². The Hall–Kier alpha value is -1.23. The van der Waals surface area contributed by atoms with Gasteiger partial charge in [0.15, 0.2) is 5.96 Å². The lowest BCUT2D eigenvalue weighted by Crippen LogP contribution is -2.46. The van der Waals surface area contributed by atoms with Crippen molar-refractivity contribution in [1.82, 2.24) is 20.5 Å². The number of aryl methyl sites for hydroxylation is 1. The molecule has 0 spiro atoms. The summed E-state index contributed by atoms with van der Waals surface area (Å²) in [6.45, 7) is 11.4. The Morgan fingerprint density at radius 3 is 2.67 bits per heavy atom. The lowest BCUT2D eigenvalue weighted by molar-refractivity contribution is 0.0170. The van der Waals surface area contributed by atoms with Crippen molar-refractivity contribution in [3.63, 3.8) is 0 Å². The lowest BCUT2D eigenvalue weighted by atomic mass is 10.0. The zero-order chi connectivity index (χ0) is 20.6. The number of halogens is 1. The molecule has 2 aromatic rings. The van der Waals surface area contributed by atoms with Crippen LogP contribution in [-0.4, -0.2) is 55.7 Å². The second kappa shape index (κ2) is 12.6. The summed E-state index contributed by atoms with van der Waals surface area (Å²) in [5.74, 6) is 1.26. The molecule has 0 amide bonds. The standard InChI is InChI=1S/C22H33N5OS.HI/c1-16(2)19-15-29-21(26-19)14-25-22(23-4)24-13-20(27-8-10-28-11-9-27)18-7-5-6-17(3)12-18;/h5-7,12,15-16,20H,8-11,13-14H2,1-4H3,(H2,23,24,25);1H. The van der Waals surface area contributed by atoms with Crippen molar-refractivity contribution in [2.24, 2.45) is 4.99 Å². The summed E-state index contributed by atoms with van der Waals surface area (Å²) >= 11 is 1.70.